The van der Waals surface area contributed by atoms with E-state index in [0.717, 1.165) is 19.0 Å². The second-order valence-corrected chi connectivity index (χ2v) is 5.50. The molecule has 0 saturated heterocycles. The average Bonchev–Trinajstić information content (AvgIpc) is 2.18. The Labute approximate surface area is 95.4 Å². The molecule has 2 heteroatoms. The highest BCUT2D eigenvalue weighted by Gasteiger charge is 2.36. The third-order valence-corrected chi connectivity index (χ3v) is 3.90. The molecule has 0 aromatic heterocycles. The molecular weight excluding hydrogens is 184 g/mol. The van der Waals surface area contributed by atoms with Gasteiger partial charge in [0.2, 0.25) is 0 Å². The first-order valence-corrected chi connectivity index (χ1v) is 6.49. The predicted octanol–water partition coefficient (Wildman–Crippen LogP) is 2.50. The number of hydrogen-bond donors (Lipinski definition) is 1. The Morgan fingerprint density at radius 3 is 2.67 bits per heavy atom. The number of nitrogens with one attached hydrogen (secondary N) is 1. The van der Waals surface area contributed by atoms with Crippen LogP contribution in [0.2, 0.25) is 0 Å². The lowest BCUT2D eigenvalue weighted by Gasteiger charge is -2.45. The molecule has 1 fully saturated rings. The highest BCUT2D eigenvalue weighted by Crippen LogP contribution is 2.35. The minimum atomic E-state index is 0.423. The lowest BCUT2D eigenvalue weighted by Crippen LogP contribution is -2.54. The summed E-state index contributed by atoms with van der Waals surface area (Å²) in [6.45, 7) is 6.96. The van der Waals surface area contributed by atoms with Crippen molar-refractivity contribution in [3.8, 4) is 0 Å². The van der Waals surface area contributed by atoms with E-state index >= 15 is 0 Å². The average molecular weight is 212 g/mol. The van der Waals surface area contributed by atoms with Crippen molar-refractivity contribution >= 4 is 0 Å². The first-order valence-electron chi connectivity index (χ1n) is 6.49. The van der Waals surface area contributed by atoms with Crippen molar-refractivity contribution in [2.75, 3.05) is 27.2 Å². The Kier molecular flexibility index (Phi) is 5.07. The summed E-state index contributed by atoms with van der Waals surface area (Å²) in [5.74, 6) is 0.893. The fraction of sp³-hybridized carbons (Fsp3) is 1.00. The fourth-order valence-electron chi connectivity index (χ4n) is 2.86. The molecule has 0 aromatic carbocycles. The molecule has 0 bridgehead atoms. The van der Waals surface area contributed by atoms with E-state index in [1.165, 1.54) is 32.1 Å². The van der Waals surface area contributed by atoms with Gasteiger partial charge in [-0.1, -0.05) is 26.7 Å². The van der Waals surface area contributed by atoms with Crippen LogP contribution in [0.3, 0.4) is 0 Å². The van der Waals surface area contributed by atoms with E-state index in [-0.39, 0.29) is 0 Å². The summed E-state index contributed by atoms with van der Waals surface area (Å²) in [6.07, 6.45) is 6.77. The lowest BCUT2D eigenvalue weighted by molar-refractivity contribution is 0.0755. The standard InChI is InChI=1S/C13H28N2/c1-5-9-14-11-13(15(3)4)8-6-7-12(2)10-13/h12,14H,5-11H2,1-4H3. The van der Waals surface area contributed by atoms with Gasteiger partial charge in [-0.15, -0.1) is 0 Å². The van der Waals surface area contributed by atoms with Crippen molar-refractivity contribution in [2.24, 2.45) is 5.92 Å². The smallest absolute Gasteiger partial charge is 0.0330 e. The van der Waals surface area contributed by atoms with Gasteiger partial charge < -0.3 is 10.2 Å². The van der Waals surface area contributed by atoms with Crippen LogP contribution in [0.4, 0.5) is 0 Å². The monoisotopic (exact) mass is 212 g/mol. The number of rotatable bonds is 5. The topological polar surface area (TPSA) is 15.3 Å². The molecule has 1 saturated carbocycles. The van der Waals surface area contributed by atoms with Crippen LogP contribution in [0.15, 0.2) is 0 Å². The highest BCUT2D eigenvalue weighted by atomic mass is 15.2. The minimum absolute atomic E-state index is 0.423. The Morgan fingerprint density at radius 2 is 2.13 bits per heavy atom. The van der Waals surface area contributed by atoms with Crippen LogP contribution in [0.25, 0.3) is 0 Å². The minimum Gasteiger partial charge on any atom is -0.315 e. The molecule has 1 rings (SSSR count). The van der Waals surface area contributed by atoms with Gasteiger partial charge in [0.15, 0.2) is 0 Å². The third-order valence-electron chi connectivity index (χ3n) is 3.90. The van der Waals surface area contributed by atoms with Gasteiger partial charge in [-0.25, -0.2) is 0 Å². The van der Waals surface area contributed by atoms with Crippen LogP contribution in [0.1, 0.15) is 46.0 Å². The van der Waals surface area contributed by atoms with E-state index in [1.54, 1.807) is 0 Å². The maximum absolute atomic E-state index is 3.61. The Bertz CT molecular complexity index is 179. The summed E-state index contributed by atoms with van der Waals surface area (Å²) >= 11 is 0. The van der Waals surface area contributed by atoms with E-state index in [1.807, 2.05) is 0 Å². The van der Waals surface area contributed by atoms with Crippen molar-refractivity contribution < 1.29 is 0 Å². The molecular formula is C13H28N2. The molecule has 0 spiro atoms. The summed E-state index contributed by atoms with van der Waals surface area (Å²) in [7, 11) is 4.48. The van der Waals surface area contributed by atoms with E-state index in [4.69, 9.17) is 0 Å². The zero-order valence-corrected chi connectivity index (χ0v) is 11.0. The van der Waals surface area contributed by atoms with Gasteiger partial charge in [0.1, 0.15) is 0 Å². The molecule has 2 atom stereocenters. The Morgan fingerprint density at radius 1 is 1.40 bits per heavy atom. The van der Waals surface area contributed by atoms with Crippen LogP contribution >= 0.6 is 0 Å². The maximum Gasteiger partial charge on any atom is 0.0330 e. The molecule has 1 aliphatic carbocycles. The van der Waals surface area contributed by atoms with Gasteiger partial charge in [-0.05, 0) is 45.8 Å². The maximum atomic E-state index is 3.61. The third kappa shape index (κ3) is 3.46. The molecule has 90 valence electrons. The predicted molar refractivity (Wildman–Crippen MR) is 67.2 cm³/mol. The van der Waals surface area contributed by atoms with Crippen LogP contribution in [-0.2, 0) is 0 Å². The molecule has 1 N–H and O–H groups in total. The summed E-state index contributed by atoms with van der Waals surface area (Å²) < 4.78 is 0. The number of likely N-dealkylation sites (N-methyl/N-ethyl adjacent to an activating group) is 1. The Balaban J connectivity index is 2.53. The molecule has 0 radical (unpaired) electrons. The molecule has 1 aliphatic rings. The molecule has 15 heavy (non-hydrogen) atoms. The first-order chi connectivity index (χ1) is 7.10. The summed E-state index contributed by atoms with van der Waals surface area (Å²) in [5.41, 5.74) is 0.423. The quantitative estimate of drug-likeness (QED) is 0.704. The van der Waals surface area contributed by atoms with E-state index in [9.17, 15) is 0 Å². The molecule has 2 unspecified atom stereocenters. The first kappa shape index (κ1) is 13.0. The lowest BCUT2D eigenvalue weighted by atomic mass is 9.75. The van der Waals surface area contributed by atoms with Crippen LogP contribution in [0.5, 0.6) is 0 Å². The molecule has 2 nitrogen and oxygen atoms in total. The van der Waals surface area contributed by atoms with Crippen LogP contribution < -0.4 is 5.32 Å². The number of hydrogen-bond acceptors (Lipinski definition) is 2. The number of nitrogens with zero attached hydrogens (tertiary/aromatic N) is 1. The molecule has 0 aromatic rings. The Hall–Kier alpha value is -0.0800. The van der Waals surface area contributed by atoms with E-state index < -0.39 is 0 Å². The van der Waals surface area contributed by atoms with Gasteiger partial charge in [0.25, 0.3) is 0 Å². The highest BCUT2D eigenvalue weighted by molar-refractivity contribution is 4.94. The van der Waals surface area contributed by atoms with E-state index in [0.29, 0.717) is 5.54 Å². The van der Waals surface area contributed by atoms with Crippen LogP contribution in [0, 0.1) is 5.92 Å². The van der Waals surface area contributed by atoms with Crippen molar-refractivity contribution in [3.63, 3.8) is 0 Å². The van der Waals surface area contributed by atoms with Gasteiger partial charge in [0, 0.05) is 12.1 Å². The fourth-order valence-corrected chi connectivity index (χ4v) is 2.86. The second-order valence-electron chi connectivity index (χ2n) is 5.50. The summed E-state index contributed by atoms with van der Waals surface area (Å²) in [5, 5.41) is 3.61. The zero-order valence-electron chi connectivity index (χ0n) is 11.0. The molecule has 0 amide bonds. The van der Waals surface area contributed by atoms with Crippen molar-refractivity contribution in [1.29, 1.82) is 0 Å². The van der Waals surface area contributed by atoms with Gasteiger partial charge in [-0.2, -0.15) is 0 Å². The normalized spacial score (nSPS) is 32.2. The van der Waals surface area contributed by atoms with Crippen molar-refractivity contribution in [2.45, 2.75) is 51.5 Å². The van der Waals surface area contributed by atoms with Gasteiger partial charge in [0.05, 0.1) is 0 Å². The summed E-state index contributed by atoms with van der Waals surface area (Å²) in [4.78, 5) is 2.45. The van der Waals surface area contributed by atoms with Gasteiger partial charge in [-0.3, -0.25) is 0 Å². The zero-order chi connectivity index (χ0) is 11.3. The molecule has 0 heterocycles. The van der Waals surface area contributed by atoms with E-state index in [2.05, 4.69) is 38.2 Å². The SMILES string of the molecule is CCCNCC1(N(C)C)CCCC(C)C1. The van der Waals surface area contributed by atoms with Crippen molar-refractivity contribution in [1.82, 2.24) is 10.2 Å². The summed E-state index contributed by atoms with van der Waals surface area (Å²) in [6, 6.07) is 0. The van der Waals surface area contributed by atoms with Crippen LogP contribution in [-0.4, -0.2) is 37.6 Å². The van der Waals surface area contributed by atoms with Crippen molar-refractivity contribution in [3.05, 3.63) is 0 Å². The largest absolute Gasteiger partial charge is 0.315 e. The second kappa shape index (κ2) is 5.86. The molecule has 0 aliphatic heterocycles. The van der Waals surface area contributed by atoms with Gasteiger partial charge >= 0.3 is 0 Å².